The van der Waals surface area contributed by atoms with Gasteiger partial charge in [-0.1, -0.05) is 61.2 Å². The van der Waals surface area contributed by atoms with Crippen molar-refractivity contribution in [2.24, 2.45) is 0 Å². The quantitative estimate of drug-likeness (QED) is 0.787. The summed E-state index contributed by atoms with van der Waals surface area (Å²) in [5.74, 6) is 0. The van der Waals surface area contributed by atoms with Crippen molar-refractivity contribution in [3.8, 4) is 0 Å². The number of hydrogen-bond donors (Lipinski definition) is 1. The Labute approximate surface area is 97.7 Å². The third-order valence-electron chi connectivity index (χ3n) is 2.99. The van der Waals surface area contributed by atoms with Gasteiger partial charge in [0.2, 0.25) is 0 Å². The highest BCUT2D eigenvalue weighted by atomic mass is 28.3. The van der Waals surface area contributed by atoms with E-state index in [2.05, 4.69) is 43.9 Å². The van der Waals surface area contributed by atoms with Crippen molar-refractivity contribution in [3.63, 3.8) is 0 Å². The van der Waals surface area contributed by atoms with E-state index in [1.807, 2.05) is 12.1 Å². The topological polar surface area (TPSA) is 20.2 Å². The fourth-order valence-corrected chi connectivity index (χ4v) is 3.79. The van der Waals surface area contributed by atoms with Crippen LogP contribution in [-0.2, 0) is 6.61 Å². The van der Waals surface area contributed by atoms with E-state index in [4.69, 9.17) is 0 Å². The standard InChI is InChI=1S/C14H18OSi/c1-16(2,3)14-9-5-7-12-11(10-15)6-4-8-13(12)14/h4-9,15H,10H2,1-3H3. The summed E-state index contributed by atoms with van der Waals surface area (Å²) in [5.41, 5.74) is 1.03. The number of aliphatic hydroxyl groups is 1. The molecule has 1 nitrogen and oxygen atoms in total. The molecule has 0 radical (unpaired) electrons. The Kier molecular flexibility index (Phi) is 2.87. The van der Waals surface area contributed by atoms with Crippen molar-refractivity contribution in [3.05, 3.63) is 42.0 Å². The maximum atomic E-state index is 9.34. The monoisotopic (exact) mass is 230 g/mol. The van der Waals surface area contributed by atoms with Crippen molar-refractivity contribution >= 4 is 24.0 Å². The lowest BCUT2D eigenvalue weighted by Gasteiger charge is -2.19. The van der Waals surface area contributed by atoms with Crippen LogP contribution in [0, 0.1) is 0 Å². The lowest BCUT2D eigenvalue weighted by molar-refractivity contribution is 0.283. The van der Waals surface area contributed by atoms with Gasteiger partial charge < -0.3 is 5.11 Å². The predicted octanol–water partition coefficient (Wildman–Crippen LogP) is 2.88. The van der Waals surface area contributed by atoms with Crippen molar-refractivity contribution in [2.75, 3.05) is 0 Å². The Morgan fingerprint density at radius 1 is 0.938 bits per heavy atom. The fraction of sp³-hybridized carbons (Fsp3) is 0.286. The summed E-state index contributed by atoms with van der Waals surface area (Å²) < 4.78 is 0. The molecule has 2 aromatic carbocycles. The first-order chi connectivity index (χ1) is 7.54. The van der Waals surface area contributed by atoms with Crippen LogP contribution < -0.4 is 5.19 Å². The molecule has 2 aromatic rings. The van der Waals surface area contributed by atoms with Crippen LogP contribution in [0.2, 0.25) is 19.6 Å². The maximum absolute atomic E-state index is 9.34. The molecule has 0 heterocycles. The van der Waals surface area contributed by atoms with Crippen molar-refractivity contribution in [1.29, 1.82) is 0 Å². The van der Waals surface area contributed by atoms with E-state index in [-0.39, 0.29) is 6.61 Å². The molecule has 0 fully saturated rings. The second kappa shape index (κ2) is 4.04. The van der Waals surface area contributed by atoms with Gasteiger partial charge in [-0.3, -0.25) is 0 Å². The lowest BCUT2D eigenvalue weighted by atomic mass is 10.1. The third kappa shape index (κ3) is 1.91. The first-order valence-electron chi connectivity index (χ1n) is 5.66. The highest BCUT2D eigenvalue weighted by molar-refractivity contribution is 6.90. The van der Waals surface area contributed by atoms with Crippen LogP contribution in [0.1, 0.15) is 5.56 Å². The minimum absolute atomic E-state index is 0.118. The van der Waals surface area contributed by atoms with Gasteiger partial charge in [-0.2, -0.15) is 0 Å². The molecule has 16 heavy (non-hydrogen) atoms. The molecular formula is C14H18OSi. The van der Waals surface area contributed by atoms with E-state index in [0.717, 1.165) is 5.56 Å². The Morgan fingerprint density at radius 3 is 2.19 bits per heavy atom. The minimum atomic E-state index is -1.32. The summed E-state index contributed by atoms with van der Waals surface area (Å²) in [6.45, 7) is 7.18. The van der Waals surface area contributed by atoms with Gasteiger partial charge >= 0.3 is 0 Å². The molecule has 0 saturated carbocycles. The number of rotatable bonds is 2. The van der Waals surface area contributed by atoms with Crippen LogP contribution in [0.3, 0.4) is 0 Å². The summed E-state index contributed by atoms with van der Waals surface area (Å²) in [6.07, 6.45) is 0. The lowest BCUT2D eigenvalue weighted by Crippen LogP contribution is -2.38. The molecular weight excluding hydrogens is 212 g/mol. The molecule has 1 N–H and O–H groups in total. The zero-order valence-corrected chi connectivity index (χ0v) is 11.1. The van der Waals surface area contributed by atoms with Gasteiger partial charge in [-0.25, -0.2) is 0 Å². The normalized spacial score (nSPS) is 12.0. The molecule has 0 aromatic heterocycles. The van der Waals surface area contributed by atoms with E-state index >= 15 is 0 Å². The predicted molar refractivity (Wildman–Crippen MR) is 72.9 cm³/mol. The largest absolute Gasteiger partial charge is 0.392 e. The van der Waals surface area contributed by atoms with Gasteiger partial charge in [-0.15, -0.1) is 0 Å². The summed E-state index contributed by atoms with van der Waals surface area (Å²) in [6, 6.07) is 12.6. The Hall–Kier alpha value is -1.12. The van der Waals surface area contributed by atoms with Crippen LogP contribution in [0.5, 0.6) is 0 Å². The van der Waals surface area contributed by atoms with Crippen molar-refractivity contribution in [2.45, 2.75) is 26.2 Å². The van der Waals surface area contributed by atoms with Gasteiger partial charge in [0.1, 0.15) is 0 Å². The SMILES string of the molecule is C[Si](C)(C)c1cccc2c(CO)cccc12. The van der Waals surface area contributed by atoms with Crippen LogP contribution >= 0.6 is 0 Å². The molecule has 0 amide bonds. The number of benzene rings is 2. The third-order valence-corrected chi connectivity index (χ3v) is 5.04. The molecule has 0 aliphatic rings. The summed E-state index contributed by atoms with van der Waals surface area (Å²) in [5, 5.41) is 13.3. The van der Waals surface area contributed by atoms with E-state index < -0.39 is 8.07 Å². The summed E-state index contributed by atoms with van der Waals surface area (Å²) in [7, 11) is -1.32. The molecule has 0 spiro atoms. The smallest absolute Gasteiger partial charge is 0.0784 e. The zero-order chi connectivity index (χ0) is 11.8. The molecule has 84 valence electrons. The first kappa shape index (κ1) is 11.4. The van der Waals surface area contributed by atoms with Crippen LogP contribution in [0.25, 0.3) is 10.8 Å². The zero-order valence-electron chi connectivity index (χ0n) is 10.1. The molecule has 0 unspecified atom stereocenters. The Morgan fingerprint density at radius 2 is 1.56 bits per heavy atom. The highest BCUT2D eigenvalue weighted by Crippen LogP contribution is 2.19. The molecule has 0 atom stereocenters. The van der Waals surface area contributed by atoms with Gasteiger partial charge in [0.05, 0.1) is 14.7 Å². The van der Waals surface area contributed by atoms with E-state index in [1.54, 1.807) is 0 Å². The van der Waals surface area contributed by atoms with Gasteiger partial charge in [0, 0.05) is 0 Å². The van der Waals surface area contributed by atoms with Crippen molar-refractivity contribution in [1.82, 2.24) is 0 Å². The molecule has 0 saturated heterocycles. The highest BCUT2D eigenvalue weighted by Gasteiger charge is 2.19. The summed E-state index contributed by atoms with van der Waals surface area (Å²) in [4.78, 5) is 0. The van der Waals surface area contributed by atoms with Gasteiger partial charge in [0.15, 0.2) is 0 Å². The van der Waals surface area contributed by atoms with Crippen LogP contribution in [0.15, 0.2) is 36.4 Å². The molecule has 2 rings (SSSR count). The summed E-state index contributed by atoms with van der Waals surface area (Å²) >= 11 is 0. The first-order valence-corrected chi connectivity index (χ1v) is 9.16. The minimum Gasteiger partial charge on any atom is -0.392 e. The second-order valence-electron chi connectivity index (χ2n) is 5.23. The second-order valence-corrected chi connectivity index (χ2v) is 10.3. The number of hydrogen-bond acceptors (Lipinski definition) is 1. The van der Waals surface area contributed by atoms with Crippen LogP contribution in [-0.4, -0.2) is 13.2 Å². The number of aliphatic hydroxyl groups excluding tert-OH is 1. The van der Waals surface area contributed by atoms with Crippen molar-refractivity contribution < 1.29 is 5.11 Å². The number of fused-ring (bicyclic) bond motifs is 1. The average Bonchev–Trinajstić information content (AvgIpc) is 2.26. The van der Waals surface area contributed by atoms with Crippen LogP contribution in [0.4, 0.5) is 0 Å². The molecule has 2 heteroatoms. The average molecular weight is 230 g/mol. The fourth-order valence-electron chi connectivity index (χ4n) is 2.17. The van der Waals surface area contributed by atoms with Gasteiger partial charge in [0.25, 0.3) is 0 Å². The Bertz CT molecular complexity index is 512. The van der Waals surface area contributed by atoms with E-state index in [1.165, 1.54) is 16.0 Å². The molecule has 0 bridgehead atoms. The molecule has 0 aliphatic carbocycles. The Balaban J connectivity index is 2.79. The van der Waals surface area contributed by atoms with E-state index in [9.17, 15) is 5.11 Å². The van der Waals surface area contributed by atoms with E-state index in [0.29, 0.717) is 0 Å². The molecule has 0 aliphatic heterocycles. The maximum Gasteiger partial charge on any atom is 0.0784 e. The van der Waals surface area contributed by atoms with Gasteiger partial charge in [-0.05, 0) is 16.3 Å².